The first kappa shape index (κ1) is 24.2. The maximum atomic E-state index is 13.9. The molecule has 3 fully saturated rings. The molecule has 0 unspecified atom stereocenters. The number of esters is 3. The molecule has 0 aromatic rings. The van der Waals surface area contributed by atoms with Crippen LogP contribution in [0.25, 0.3) is 0 Å². The average molecular weight is 487 g/mol. The lowest BCUT2D eigenvalue weighted by Gasteiger charge is -2.63. The molecule has 5 rings (SSSR count). The normalized spacial score (nSPS) is 44.3. The highest BCUT2D eigenvalue weighted by Gasteiger charge is 2.69. The Bertz CT molecular complexity index is 1060. The molecule has 1 aliphatic heterocycles. The Labute approximate surface area is 205 Å². The molecule has 0 spiro atoms. The van der Waals surface area contributed by atoms with Crippen LogP contribution < -0.4 is 0 Å². The highest BCUT2D eigenvalue weighted by Crippen LogP contribution is 2.67. The summed E-state index contributed by atoms with van der Waals surface area (Å²) < 4.78 is 16.3. The van der Waals surface area contributed by atoms with Gasteiger partial charge in [0.1, 0.15) is 24.6 Å². The van der Waals surface area contributed by atoms with E-state index in [2.05, 4.69) is 6.92 Å². The monoisotopic (exact) mass is 486 g/mol. The Morgan fingerprint density at radius 3 is 2.40 bits per heavy atom. The summed E-state index contributed by atoms with van der Waals surface area (Å²) in [5, 5.41) is 12.3. The van der Waals surface area contributed by atoms with E-state index < -0.39 is 46.5 Å². The second-order valence-electron chi connectivity index (χ2n) is 11.6. The molecule has 0 aromatic carbocycles. The number of carbonyl (C=O) groups excluding carboxylic acids is 4. The first-order valence-corrected chi connectivity index (χ1v) is 12.6. The summed E-state index contributed by atoms with van der Waals surface area (Å²) in [6.07, 6.45) is 5.28. The zero-order valence-electron chi connectivity index (χ0n) is 20.8. The van der Waals surface area contributed by atoms with Crippen LogP contribution in [-0.2, 0) is 33.4 Å². The Hall–Kier alpha value is -2.48. The first-order valence-electron chi connectivity index (χ1n) is 12.6. The molecule has 0 bridgehead atoms. The van der Waals surface area contributed by atoms with Crippen LogP contribution in [0.4, 0.5) is 0 Å². The Morgan fingerprint density at radius 1 is 1.09 bits per heavy atom. The van der Waals surface area contributed by atoms with Crippen LogP contribution in [0.15, 0.2) is 23.3 Å². The number of cyclic esters (lactones) is 1. The van der Waals surface area contributed by atoms with Crippen LogP contribution in [0.5, 0.6) is 0 Å². The van der Waals surface area contributed by atoms with Gasteiger partial charge in [0.2, 0.25) is 0 Å². The van der Waals surface area contributed by atoms with Crippen molar-refractivity contribution in [3.8, 4) is 0 Å². The lowest BCUT2D eigenvalue weighted by molar-refractivity contribution is -0.215. The minimum Gasteiger partial charge on any atom is -0.459 e. The summed E-state index contributed by atoms with van der Waals surface area (Å²) in [7, 11) is 0. The topological polar surface area (TPSA) is 116 Å². The third-order valence-corrected chi connectivity index (χ3v) is 9.74. The lowest BCUT2D eigenvalue weighted by atomic mass is 9.42. The minimum absolute atomic E-state index is 0.0977. The maximum absolute atomic E-state index is 13.9. The number of hydrogen-bond donors (Lipinski definition) is 1. The van der Waals surface area contributed by atoms with Gasteiger partial charge < -0.3 is 19.3 Å². The zero-order chi connectivity index (χ0) is 25.3. The van der Waals surface area contributed by atoms with Crippen molar-refractivity contribution in [1.82, 2.24) is 0 Å². The van der Waals surface area contributed by atoms with Crippen LogP contribution in [0.1, 0.15) is 66.2 Å². The SMILES string of the molecule is CC(=O)O[C@H]1C[C@@]2(C)[C@H](CC[C@@H]3[C@@H]2C(=O)C[C@]2(C)C(C4=CC(=O)OC4)=CC[C@]32O)C[C@H]1OC(C)=O. The molecule has 8 nitrogen and oxygen atoms in total. The van der Waals surface area contributed by atoms with Gasteiger partial charge >= 0.3 is 17.9 Å². The van der Waals surface area contributed by atoms with Crippen molar-refractivity contribution >= 4 is 23.7 Å². The van der Waals surface area contributed by atoms with Gasteiger partial charge in [0, 0.05) is 43.3 Å². The van der Waals surface area contributed by atoms with E-state index >= 15 is 0 Å². The van der Waals surface area contributed by atoms with Crippen molar-refractivity contribution in [1.29, 1.82) is 0 Å². The third kappa shape index (κ3) is 3.51. The number of Topliss-reactive ketones (excluding diaryl/α,β-unsaturated/α-hetero) is 1. The average Bonchev–Trinajstić information content (AvgIpc) is 3.28. The maximum Gasteiger partial charge on any atom is 0.331 e. The fourth-order valence-corrected chi connectivity index (χ4v) is 8.27. The van der Waals surface area contributed by atoms with Gasteiger partial charge in [-0.15, -0.1) is 0 Å². The van der Waals surface area contributed by atoms with E-state index in [1.165, 1.54) is 19.9 Å². The van der Waals surface area contributed by atoms with Crippen LogP contribution in [0.3, 0.4) is 0 Å². The third-order valence-electron chi connectivity index (χ3n) is 9.74. The molecule has 0 aromatic heterocycles. The molecule has 1 N–H and O–H groups in total. The van der Waals surface area contributed by atoms with E-state index in [0.717, 1.165) is 17.6 Å². The molecule has 3 saturated carbocycles. The molecule has 0 radical (unpaired) electrons. The van der Waals surface area contributed by atoms with Crippen LogP contribution in [0, 0.1) is 28.6 Å². The van der Waals surface area contributed by atoms with Gasteiger partial charge in [0.05, 0.1) is 5.60 Å². The van der Waals surface area contributed by atoms with Gasteiger partial charge in [-0.05, 0) is 54.9 Å². The summed E-state index contributed by atoms with van der Waals surface area (Å²) in [6, 6.07) is 0. The predicted molar refractivity (Wildman–Crippen MR) is 123 cm³/mol. The molecule has 0 amide bonds. The van der Waals surface area contributed by atoms with Crippen molar-refractivity contribution in [3.05, 3.63) is 23.3 Å². The van der Waals surface area contributed by atoms with Gasteiger partial charge in [0.25, 0.3) is 0 Å². The molecule has 0 saturated heterocycles. The molecule has 190 valence electrons. The molecule has 8 heteroatoms. The lowest BCUT2D eigenvalue weighted by Crippen LogP contribution is -2.66. The highest BCUT2D eigenvalue weighted by atomic mass is 16.6. The van der Waals surface area contributed by atoms with E-state index in [1.807, 2.05) is 13.0 Å². The number of rotatable bonds is 3. The summed E-state index contributed by atoms with van der Waals surface area (Å²) in [5.41, 5.74) is -0.816. The summed E-state index contributed by atoms with van der Waals surface area (Å²) in [6.45, 7) is 6.87. The molecular formula is C27H34O8. The van der Waals surface area contributed by atoms with Crippen molar-refractivity contribution in [3.63, 3.8) is 0 Å². The van der Waals surface area contributed by atoms with E-state index in [1.54, 1.807) is 0 Å². The number of ketones is 1. The van der Waals surface area contributed by atoms with Crippen molar-refractivity contribution in [2.24, 2.45) is 28.6 Å². The number of ether oxygens (including phenoxy) is 3. The highest BCUT2D eigenvalue weighted by molar-refractivity contribution is 5.89. The number of hydrogen-bond acceptors (Lipinski definition) is 8. The molecule has 5 aliphatic rings. The Balaban J connectivity index is 1.48. The number of aliphatic hydroxyl groups is 1. The quantitative estimate of drug-likeness (QED) is 0.478. The second kappa shape index (κ2) is 8.02. The largest absolute Gasteiger partial charge is 0.459 e. The Kier molecular flexibility index (Phi) is 5.55. The summed E-state index contributed by atoms with van der Waals surface area (Å²) in [5.74, 6) is -1.71. The van der Waals surface area contributed by atoms with E-state index in [-0.39, 0.29) is 36.6 Å². The van der Waals surface area contributed by atoms with Gasteiger partial charge in [-0.1, -0.05) is 19.9 Å². The number of carbonyl (C=O) groups is 4. The molecule has 35 heavy (non-hydrogen) atoms. The molecule has 1 heterocycles. The summed E-state index contributed by atoms with van der Waals surface area (Å²) >= 11 is 0. The van der Waals surface area contributed by atoms with Crippen molar-refractivity contribution in [2.45, 2.75) is 84.0 Å². The van der Waals surface area contributed by atoms with Crippen LogP contribution in [-0.4, -0.2) is 53.2 Å². The van der Waals surface area contributed by atoms with Gasteiger partial charge in [-0.25, -0.2) is 4.79 Å². The second-order valence-corrected chi connectivity index (χ2v) is 11.6. The molecule has 4 aliphatic carbocycles. The van der Waals surface area contributed by atoms with Gasteiger partial charge in [-0.3, -0.25) is 14.4 Å². The molecular weight excluding hydrogens is 452 g/mol. The van der Waals surface area contributed by atoms with Gasteiger partial charge in [-0.2, -0.15) is 0 Å². The van der Waals surface area contributed by atoms with E-state index in [0.29, 0.717) is 25.7 Å². The fraction of sp³-hybridized carbons (Fsp3) is 0.704. The zero-order valence-corrected chi connectivity index (χ0v) is 20.8. The predicted octanol–water partition coefficient (Wildman–Crippen LogP) is 2.82. The van der Waals surface area contributed by atoms with Gasteiger partial charge in [0.15, 0.2) is 0 Å². The summed E-state index contributed by atoms with van der Waals surface area (Å²) in [4.78, 5) is 49.3. The van der Waals surface area contributed by atoms with Crippen LogP contribution in [0.2, 0.25) is 0 Å². The Morgan fingerprint density at radius 2 is 1.77 bits per heavy atom. The first-order chi connectivity index (χ1) is 16.4. The van der Waals surface area contributed by atoms with Crippen molar-refractivity contribution < 1.29 is 38.5 Å². The van der Waals surface area contributed by atoms with E-state index in [4.69, 9.17) is 14.2 Å². The fourth-order valence-electron chi connectivity index (χ4n) is 8.27. The minimum atomic E-state index is -1.12. The van der Waals surface area contributed by atoms with Crippen molar-refractivity contribution in [2.75, 3.05) is 6.61 Å². The van der Waals surface area contributed by atoms with E-state index in [9.17, 15) is 24.3 Å². The molecule has 8 atom stereocenters. The van der Waals surface area contributed by atoms with Crippen LogP contribution >= 0.6 is 0 Å². The smallest absolute Gasteiger partial charge is 0.331 e. The number of fused-ring (bicyclic) bond motifs is 5. The standard InChI is InChI=1S/C27H34O8/c1-14(28)34-21-10-17-5-6-19-24(25(17,3)12-22(21)35-15(2)29)20(30)11-26(4)18(7-8-27(19,26)32)16-9-23(31)33-13-16/h7,9,17,19,21-22,24,32H,5-6,8,10-13H2,1-4H3/t17-,19-,21-,22+,24-,25+,26-,27+/m1/s1.